The summed E-state index contributed by atoms with van der Waals surface area (Å²) in [5.41, 5.74) is 7.98. The number of nitrogen functional groups attached to an aromatic ring is 1. The number of hydrogen-bond donors (Lipinski definition) is 4. The average Bonchev–Trinajstić information content (AvgIpc) is 2.28. The number of phenolic OH excluding ortho intramolecular Hbond substituents is 1. The second-order valence-corrected chi connectivity index (χ2v) is 3.90. The van der Waals surface area contributed by atoms with E-state index in [9.17, 15) is 5.11 Å². The molecule has 2 rings (SSSR count). The molecule has 0 spiro atoms. The third-order valence-corrected chi connectivity index (χ3v) is 2.32. The van der Waals surface area contributed by atoms with E-state index in [4.69, 9.17) is 5.73 Å². The molecule has 0 unspecified atom stereocenters. The number of nitrogens with one attached hydrogen (secondary N) is 2. The van der Waals surface area contributed by atoms with Gasteiger partial charge in [0.25, 0.3) is 0 Å². The largest absolute Gasteiger partial charge is 0.508 e. The highest BCUT2D eigenvalue weighted by atomic mass is 16.3. The summed E-state index contributed by atoms with van der Waals surface area (Å²) in [6.07, 6.45) is 0. The zero-order valence-corrected chi connectivity index (χ0v) is 9.85. The molecule has 2 aromatic carbocycles. The molecule has 4 nitrogen and oxygen atoms in total. The van der Waals surface area contributed by atoms with Crippen LogP contribution in [0.4, 0.5) is 17.1 Å². The van der Waals surface area contributed by atoms with Crippen molar-refractivity contribution in [3.05, 3.63) is 60.9 Å². The molecule has 5 N–H and O–H groups in total. The van der Waals surface area contributed by atoms with E-state index in [1.807, 2.05) is 30.3 Å². The molecule has 0 aliphatic rings. The summed E-state index contributed by atoms with van der Waals surface area (Å²) in [5, 5.41) is 15.5. The van der Waals surface area contributed by atoms with Crippen molar-refractivity contribution in [2.75, 3.05) is 16.4 Å². The molecule has 0 radical (unpaired) electrons. The molecule has 0 aliphatic heterocycles. The second kappa shape index (κ2) is 5.14. The third kappa shape index (κ3) is 3.18. The van der Waals surface area contributed by atoms with Gasteiger partial charge in [0.05, 0.1) is 0 Å². The van der Waals surface area contributed by atoms with Crippen LogP contribution in [-0.2, 0) is 0 Å². The minimum atomic E-state index is 0.205. The van der Waals surface area contributed by atoms with Gasteiger partial charge in [-0.3, -0.25) is 0 Å². The predicted molar refractivity (Wildman–Crippen MR) is 75.3 cm³/mol. The van der Waals surface area contributed by atoms with Gasteiger partial charge < -0.3 is 21.5 Å². The van der Waals surface area contributed by atoms with Crippen LogP contribution in [0.15, 0.2) is 60.9 Å². The Morgan fingerprint density at radius 2 is 1.61 bits per heavy atom. The Morgan fingerprint density at radius 1 is 1.00 bits per heavy atom. The molecular formula is C14H15N3O. The fraction of sp³-hybridized carbons (Fsp3) is 0. The quantitative estimate of drug-likeness (QED) is 0.621. The van der Waals surface area contributed by atoms with Gasteiger partial charge >= 0.3 is 0 Å². The van der Waals surface area contributed by atoms with Gasteiger partial charge in [-0.1, -0.05) is 18.7 Å². The standard InChI is InChI=1S/C14H15N3O/c1-10(16-12-5-2-4-11(15)8-12)17-13-6-3-7-14(18)9-13/h2-9,16-18H,1,15H2. The highest BCUT2D eigenvalue weighted by Crippen LogP contribution is 2.18. The maximum absolute atomic E-state index is 9.35. The Labute approximate surface area is 106 Å². The van der Waals surface area contributed by atoms with Crippen LogP contribution in [0.5, 0.6) is 5.75 Å². The Morgan fingerprint density at radius 3 is 2.22 bits per heavy atom. The van der Waals surface area contributed by atoms with E-state index in [1.54, 1.807) is 18.2 Å². The maximum atomic E-state index is 9.35. The van der Waals surface area contributed by atoms with Crippen LogP contribution < -0.4 is 16.4 Å². The smallest absolute Gasteiger partial charge is 0.117 e. The van der Waals surface area contributed by atoms with E-state index in [0.29, 0.717) is 11.5 Å². The first kappa shape index (κ1) is 11.9. The fourth-order valence-corrected chi connectivity index (χ4v) is 1.58. The van der Waals surface area contributed by atoms with Crippen molar-refractivity contribution in [2.45, 2.75) is 0 Å². The van der Waals surface area contributed by atoms with Crippen LogP contribution in [0, 0.1) is 0 Å². The second-order valence-electron chi connectivity index (χ2n) is 3.90. The molecule has 0 heterocycles. The highest BCUT2D eigenvalue weighted by Gasteiger charge is 1.98. The van der Waals surface area contributed by atoms with Crippen molar-refractivity contribution in [3.8, 4) is 5.75 Å². The van der Waals surface area contributed by atoms with Crippen LogP contribution in [0.1, 0.15) is 0 Å². The number of nitrogens with two attached hydrogens (primary N) is 1. The summed E-state index contributed by atoms with van der Waals surface area (Å²) in [4.78, 5) is 0. The van der Waals surface area contributed by atoms with Crippen LogP contribution in [0.25, 0.3) is 0 Å². The van der Waals surface area contributed by atoms with Crippen molar-refractivity contribution >= 4 is 17.1 Å². The Bertz CT molecular complexity index is 517. The van der Waals surface area contributed by atoms with Crippen LogP contribution in [0.3, 0.4) is 0 Å². The van der Waals surface area contributed by atoms with Crippen molar-refractivity contribution in [1.29, 1.82) is 0 Å². The molecule has 0 amide bonds. The SMILES string of the molecule is C=C(Nc1cccc(N)c1)Nc1cccc(O)c1. The van der Waals surface area contributed by atoms with E-state index in [0.717, 1.165) is 11.4 Å². The molecule has 0 aliphatic carbocycles. The van der Waals surface area contributed by atoms with Gasteiger partial charge in [0.1, 0.15) is 11.6 Å². The van der Waals surface area contributed by atoms with Gasteiger partial charge in [-0.05, 0) is 30.3 Å². The molecule has 0 fully saturated rings. The summed E-state index contributed by atoms with van der Waals surface area (Å²) in [6, 6.07) is 14.2. The molecule has 2 aromatic rings. The van der Waals surface area contributed by atoms with E-state index >= 15 is 0 Å². The van der Waals surface area contributed by atoms with E-state index in [2.05, 4.69) is 17.2 Å². The molecule has 0 aromatic heterocycles. The van der Waals surface area contributed by atoms with Gasteiger partial charge in [0, 0.05) is 23.1 Å². The summed E-state index contributed by atoms with van der Waals surface area (Å²) >= 11 is 0. The molecule has 4 heteroatoms. The van der Waals surface area contributed by atoms with Crippen LogP contribution in [-0.4, -0.2) is 5.11 Å². The van der Waals surface area contributed by atoms with E-state index < -0.39 is 0 Å². The maximum Gasteiger partial charge on any atom is 0.117 e. The number of rotatable bonds is 4. The molecule has 0 saturated carbocycles. The lowest BCUT2D eigenvalue weighted by Crippen LogP contribution is -2.08. The minimum Gasteiger partial charge on any atom is -0.508 e. The zero-order chi connectivity index (χ0) is 13.0. The zero-order valence-electron chi connectivity index (χ0n) is 9.85. The van der Waals surface area contributed by atoms with Crippen molar-refractivity contribution < 1.29 is 5.11 Å². The third-order valence-electron chi connectivity index (χ3n) is 2.32. The van der Waals surface area contributed by atoms with Gasteiger partial charge in [-0.15, -0.1) is 0 Å². The summed E-state index contributed by atoms with van der Waals surface area (Å²) in [7, 11) is 0. The molecule has 0 atom stereocenters. The molecule has 0 bridgehead atoms. The average molecular weight is 241 g/mol. The minimum absolute atomic E-state index is 0.205. The first-order chi connectivity index (χ1) is 8.63. The number of aromatic hydroxyl groups is 1. The lowest BCUT2D eigenvalue weighted by molar-refractivity contribution is 0.475. The predicted octanol–water partition coefficient (Wildman–Crippen LogP) is 2.97. The summed E-state index contributed by atoms with van der Waals surface area (Å²) < 4.78 is 0. The normalized spacial score (nSPS) is 9.78. The van der Waals surface area contributed by atoms with Gasteiger partial charge in [0.15, 0.2) is 0 Å². The van der Waals surface area contributed by atoms with Crippen molar-refractivity contribution in [1.82, 2.24) is 0 Å². The van der Waals surface area contributed by atoms with Crippen LogP contribution in [0.2, 0.25) is 0 Å². The Kier molecular flexibility index (Phi) is 3.38. The van der Waals surface area contributed by atoms with E-state index in [1.165, 1.54) is 0 Å². The van der Waals surface area contributed by atoms with Gasteiger partial charge in [0.2, 0.25) is 0 Å². The topological polar surface area (TPSA) is 70.3 Å². The van der Waals surface area contributed by atoms with Gasteiger partial charge in [-0.2, -0.15) is 0 Å². The number of phenols is 1. The number of anilines is 3. The number of hydrogen-bond acceptors (Lipinski definition) is 4. The van der Waals surface area contributed by atoms with Gasteiger partial charge in [-0.25, -0.2) is 0 Å². The van der Waals surface area contributed by atoms with E-state index in [-0.39, 0.29) is 5.75 Å². The summed E-state index contributed by atoms with van der Waals surface area (Å²) in [6.45, 7) is 3.86. The molecular weight excluding hydrogens is 226 g/mol. The van der Waals surface area contributed by atoms with Crippen molar-refractivity contribution in [3.63, 3.8) is 0 Å². The van der Waals surface area contributed by atoms with Crippen LogP contribution >= 0.6 is 0 Å². The van der Waals surface area contributed by atoms with Crippen molar-refractivity contribution in [2.24, 2.45) is 0 Å². The first-order valence-electron chi connectivity index (χ1n) is 5.51. The highest BCUT2D eigenvalue weighted by molar-refractivity contribution is 5.60. The first-order valence-corrected chi connectivity index (χ1v) is 5.51. The molecule has 18 heavy (non-hydrogen) atoms. The fourth-order valence-electron chi connectivity index (χ4n) is 1.58. The number of benzene rings is 2. The monoisotopic (exact) mass is 241 g/mol. The molecule has 0 saturated heterocycles. The lowest BCUT2D eigenvalue weighted by atomic mass is 10.3. The molecule has 92 valence electrons. The summed E-state index contributed by atoms with van der Waals surface area (Å²) in [5.74, 6) is 0.808. The lowest BCUT2D eigenvalue weighted by Gasteiger charge is -2.12. The Balaban J connectivity index is 2.01. The Hall–Kier alpha value is -2.62.